The number of benzene rings is 2. The van der Waals surface area contributed by atoms with Crippen LogP contribution in [0.2, 0.25) is 0 Å². The molecule has 394 valence electrons. The van der Waals surface area contributed by atoms with Gasteiger partial charge in [0.2, 0.25) is 12.6 Å². The Labute approximate surface area is 412 Å². The summed E-state index contributed by atoms with van der Waals surface area (Å²) >= 11 is 0. The van der Waals surface area contributed by atoms with Gasteiger partial charge in [0.1, 0.15) is 60.3 Å². The van der Waals surface area contributed by atoms with E-state index in [-0.39, 0.29) is 53.4 Å². The molecule has 2 saturated heterocycles. The lowest BCUT2D eigenvalue weighted by atomic mass is 9.86. The molecule has 2 fully saturated rings. The SMILES string of the molecule is CC=C1C(OC2OC(CO)C(O)C(O)C2O)OC=C(C(=O)OC)C1CC(=O)Oc1ccc(CCOC(=O)C2=COC(OC3OC(CO)C(O)C(O)C3O)C(=CC)C2CC(=O)Oc2ccc(CCO)cc2)cc1. The van der Waals surface area contributed by atoms with E-state index >= 15 is 0 Å². The first kappa shape index (κ1) is 55.7. The molecule has 0 bridgehead atoms. The minimum atomic E-state index is -1.78. The van der Waals surface area contributed by atoms with E-state index in [9.17, 15) is 65.1 Å². The summed E-state index contributed by atoms with van der Waals surface area (Å²) in [6.45, 7) is 1.49. The molecule has 4 heterocycles. The van der Waals surface area contributed by atoms with Crippen molar-refractivity contribution in [2.24, 2.45) is 11.8 Å². The fourth-order valence-corrected chi connectivity index (χ4v) is 8.33. The Bertz CT molecular complexity index is 2290. The second kappa shape index (κ2) is 25.8. The Hall–Kier alpha value is -5.64. The Morgan fingerprint density at radius 1 is 0.569 bits per heavy atom. The monoisotopic (exact) mass is 1020 g/mol. The number of esters is 4. The van der Waals surface area contributed by atoms with Crippen LogP contribution in [-0.4, -0.2) is 177 Å². The van der Waals surface area contributed by atoms with Crippen LogP contribution in [0.3, 0.4) is 0 Å². The van der Waals surface area contributed by atoms with Gasteiger partial charge in [-0.2, -0.15) is 0 Å². The lowest BCUT2D eigenvalue weighted by Crippen LogP contribution is -2.60. The number of carbonyl (C=O) groups excluding carboxylic acids is 4. The molecule has 23 heteroatoms. The summed E-state index contributed by atoms with van der Waals surface area (Å²) in [7, 11) is 1.14. The number of aliphatic hydroxyl groups is 9. The zero-order valence-corrected chi connectivity index (χ0v) is 39.4. The molecule has 0 radical (unpaired) electrons. The molecule has 4 aliphatic heterocycles. The number of ether oxygens (including phenoxy) is 10. The summed E-state index contributed by atoms with van der Waals surface area (Å²) < 4.78 is 55.7. The molecular weight excluding hydrogens is 957 g/mol. The average molecular weight is 1020 g/mol. The van der Waals surface area contributed by atoms with Crippen LogP contribution >= 0.6 is 0 Å². The van der Waals surface area contributed by atoms with Gasteiger partial charge in [-0.1, -0.05) is 36.4 Å². The van der Waals surface area contributed by atoms with E-state index in [0.717, 1.165) is 25.2 Å². The zero-order chi connectivity index (χ0) is 52.2. The van der Waals surface area contributed by atoms with E-state index < -0.39 is 136 Å². The molecule has 14 unspecified atom stereocenters. The molecule has 14 atom stereocenters. The van der Waals surface area contributed by atoms with E-state index in [1.807, 2.05) is 0 Å². The van der Waals surface area contributed by atoms with Gasteiger partial charge in [-0.15, -0.1) is 0 Å². The number of hydrogen-bond donors (Lipinski definition) is 9. The molecule has 23 nitrogen and oxygen atoms in total. The molecule has 0 aliphatic carbocycles. The third-order valence-electron chi connectivity index (χ3n) is 12.3. The van der Waals surface area contributed by atoms with Crippen molar-refractivity contribution in [3.8, 4) is 11.5 Å². The number of allylic oxidation sites excluding steroid dienone is 2. The van der Waals surface area contributed by atoms with Gasteiger partial charge in [0.25, 0.3) is 0 Å². The number of rotatable bonds is 19. The minimum Gasteiger partial charge on any atom is -0.468 e. The van der Waals surface area contributed by atoms with Crippen molar-refractivity contribution in [3.05, 3.63) is 107 Å². The second-order valence-corrected chi connectivity index (χ2v) is 16.9. The first-order chi connectivity index (χ1) is 34.5. The maximum Gasteiger partial charge on any atom is 0.337 e. The normalized spacial score (nSPS) is 31.6. The van der Waals surface area contributed by atoms with Crippen molar-refractivity contribution in [1.82, 2.24) is 0 Å². The van der Waals surface area contributed by atoms with Crippen LogP contribution in [-0.2, 0) is 69.9 Å². The highest BCUT2D eigenvalue weighted by atomic mass is 16.8. The summed E-state index contributed by atoms with van der Waals surface area (Å²) in [5.74, 6) is -5.03. The fourth-order valence-electron chi connectivity index (χ4n) is 8.33. The first-order valence-electron chi connectivity index (χ1n) is 23.0. The Morgan fingerprint density at radius 2 is 0.986 bits per heavy atom. The zero-order valence-electron chi connectivity index (χ0n) is 39.4. The fraction of sp³-hybridized carbons (Fsp3) is 0.510. The van der Waals surface area contributed by atoms with Crippen molar-refractivity contribution in [1.29, 1.82) is 0 Å². The quantitative estimate of drug-likeness (QED) is 0.0463. The largest absolute Gasteiger partial charge is 0.468 e. The van der Waals surface area contributed by atoms with Gasteiger partial charge in [0, 0.05) is 36.0 Å². The second-order valence-electron chi connectivity index (χ2n) is 16.9. The van der Waals surface area contributed by atoms with Crippen LogP contribution in [0.1, 0.15) is 37.8 Å². The molecule has 2 aromatic rings. The standard InChI is InChI=1S/C49H60O23/c1-4-28-30(32(44(61)63-3)22-65-46(28)71-48-42(59)40(57)38(55)34(20-51)69-48)18-36(53)68-27-12-8-25(9-13-27)15-17-64-45(62)33-23-66-47(72-49-43(60)41(58)39(56)35(21-52)70-49)29(5-2)31(33)19-37(54)67-26-10-6-24(7-11-26)14-16-50/h4-13,22-23,30-31,34-35,38-43,46-52,55-60H,14-21H2,1-3H3. The summed E-state index contributed by atoms with van der Waals surface area (Å²) in [4.78, 5) is 53.4. The van der Waals surface area contributed by atoms with Crippen LogP contribution < -0.4 is 9.47 Å². The van der Waals surface area contributed by atoms with Gasteiger partial charge < -0.3 is 93.3 Å². The van der Waals surface area contributed by atoms with Crippen molar-refractivity contribution in [2.75, 3.05) is 33.5 Å². The van der Waals surface area contributed by atoms with Crippen molar-refractivity contribution >= 4 is 23.9 Å². The average Bonchev–Trinajstić information content (AvgIpc) is 3.37. The molecule has 0 saturated carbocycles. The maximum absolute atomic E-state index is 13.7. The van der Waals surface area contributed by atoms with E-state index in [0.29, 0.717) is 12.0 Å². The van der Waals surface area contributed by atoms with E-state index in [2.05, 4.69) is 0 Å². The van der Waals surface area contributed by atoms with Crippen molar-refractivity contribution in [2.45, 2.75) is 114 Å². The minimum absolute atomic E-state index is 0.0628. The Balaban J connectivity index is 1.09. The molecule has 2 aromatic carbocycles. The first-order valence-corrected chi connectivity index (χ1v) is 23.0. The molecule has 0 amide bonds. The van der Waals surface area contributed by atoms with Gasteiger partial charge in [0.15, 0.2) is 12.6 Å². The lowest BCUT2D eigenvalue weighted by Gasteiger charge is -2.41. The summed E-state index contributed by atoms with van der Waals surface area (Å²) in [6.07, 6.45) is -14.1. The summed E-state index contributed by atoms with van der Waals surface area (Å²) in [6, 6.07) is 12.7. The lowest BCUT2D eigenvalue weighted by molar-refractivity contribution is -0.327. The molecule has 0 aromatic heterocycles. The number of aliphatic hydroxyl groups excluding tert-OH is 9. The Morgan fingerprint density at radius 3 is 1.38 bits per heavy atom. The highest BCUT2D eigenvalue weighted by Gasteiger charge is 2.49. The van der Waals surface area contributed by atoms with Crippen LogP contribution in [0.25, 0.3) is 0 Å². The predicted molar refractivity (Wildman–Crippen MR) is 241 cm³/mol. The topological polar surface area (TPSA) is 343 Å². The molecule has 6 rings (SSSR count). The Kier molecular flexibility index (Phi) is 20.0. The van der Waals surface area contributed by atoms with Crippen LogP contribution in [0.4, 0.5) is 0 Å². The van der Waals surface area contributed by atoms with E-state index in [1.165, 1.54) is 24.3 Å². The smallest absolute Gasteiger partial charge is 0.337 e. The number of hydrogen-bond acceptors (Lipinski definition) is 23. The van der Waals surface area contributed by atoms with Crippen molar-refractivity contribution in [3.63, 3.8) is 0 Å². The molecular formula is C49H60O23. The van der Waals surface area contributed by atoms with Crippen LogP contribution in [0.5, 0.6) is 11.5 Å². The summed E-state index contributed by atoms with van der Waals surface area (Å²) in [5, 5.41) is 90.7. The van der Waals surface area contributed by atoms with E-state index in [1.54, 1.807) is 50.2 Å². The van der Waals surface area contributed by atoms with Crippen molar-refractivity contribution < 1.29 is 113 Å². The number of carbonyl (C=O) groups is 4. The van der Waals surface area contributed by atoms with Gasteiger partial charge >= 0.3 is 23.9 Å². The molecule has 72 heavy (non-hydrogen) atoms. The third kappa shape index (κ3) is 13.3. The van der Waals surface area contributed by atoms with Crippen LogP contribution in [0, 0.1) is 11.8 Å². The highest BCUT2D eigenvalue weighted by molar-refractivity contribution is 5.91. The third-order valence-corrected chi connectivity index (χ3v) is 12.3. The summed E-state index contributed by atoms with van der Waals surface area (Å²) in [5.41, 5.74) is 1.72. The maximum atomic E-state index is 13.7. The molecule has 9 N–H and O–H groups in total. The van der Waals surface area contributed by atoms with Gasteiger partial charge in [-0.05, 0) is 55.7 Å². The molecule has 4 aliphatic rings. The van der Waals surface area contributed by atoms with Crippen LogP contribution in [0.15, 0.2) is 95.5 Å². The van der Waals surface area contributed by atoms with Gasteiger partial charge in [-0.25, -0.2) is 9.59 Å². The van der Waals surface area contributed by atoms with E-state index in [4.69, 9.17) is 47.4 Å². The van der Waals surface area contributed by atoms with Gasteiger partial charge in [0.05, 0.1) is 63.4 Å². The number of methoxy groups -OCH3 is 1. The molecule has 0 spiro atoms. The predicted octanol–water partition coefficient (Wildman–Crippen LogP) is -0.990. The van der Waals surface area contributed by atoms with Gasteiger partial charge in [-0.3, -0.25) is 9.59 Å². The highest BCUT2D eigenvalue weighted by Crippen LogP contribution is 2.38.